The van der Waals surface area contributed by atoms with Crippen LogP contribution in [0.1, 0.15) is 51.9 Å². The van der Waals surface area contributed by atoms with Gasteiger partial charge >= 0.3 is 0 Å². The quantitative estimate of drug-likeness (QED) is 0.505. The average Bonchev–Trinajstić information content (AvgIpc) is 2.01. The second-order valence-corrected chi connectivity index (χ2v) is 4.51. The van der Waals surface area contributed by atoms with Crippen LogP contribution >= 0.6 is 22.6 Å². The van der Waals surface area contributed by atoms with Crippen LogP contribution in [-0.2, 0) is 0 Å². The van der Waals surface area contributed by atoms with E-state index < -0.39 is 0 Å². The summed E-state index contributed by atoms with van der Waals surface area (Å²) in [6.07, 6.45) is 9.99. The van der Waals surface area contributed by atoms with Gasteiger partial charge in [-0.15, -0.1) is 0 Å². The van der Waals surface area contributed by atoms with Crippen LogP contribution in [-0.4, -0.2) is 0 Å². The number of hydrogen-bond donors (Lipinski definition) is 0. The summed E-state index contributed by atoms with van der Waals surface area (Å²) in [5, 5.41) is 0. The van der Waals surface area contributed by atoms with Crippen LogP contribution in [0.3, 0.4) is 0 Å². The third-order valence-corrected chi connectivity index (χ3v) is 3.60. The zero-order valence-electron chi connectivity index (χ0n) is 7.98. The lowest BCUT2D eigenvalue weighted by Gasteiger charge is -2.28. The van der Waals surface area contributed by atoms with Crippen LogP contribution in [0.25, 0.3) is 0 Å². The van der Waals surface area contributed by atoms with Gasteiger partial charge in [-0.25, -0.2) is 0 Å². The Morgan fingerprint density at radius 3 is 2.67 bits per heavy atom. The Kier molecular flexibility index (Phi) is 5.28. The van der Waals surface area contributed by atoms with Crippen molar-refractivity contribution in [2.24, 2.45) is 5.92 Å². The molecule has 70 valence electrons. The lowest BCUT2D eigenvalue weighted by atomic mass is 9.78. The molecule has 0 nitrogen and oxygen atoms in total. The first-order chi connectivity index (χ1) is 5.86. The van der Waals surface area contributed by atoms with Crippen LogP contribution in [0.2, 0.25) is 0 Å². The molecular weight excluding hydrogens is 259 g/mol. The van der Waals surface area contributed by atoms with Crippen molar-refractivity contribution in [1.29, 1.82) is 0 Å². The maximum absolute atomic E-state index is 2.36. The van der Waals surface area contributed by atoms with Crippen molar-refractivity contribution in [3.8, 4) is 0 Å². The average molecular weight is 278 g/mol. The van der Waals surface area contributed by atoms with Crippen LogP contribution in [0.5, 0.6) is 0 Å². The number of halogens is 1. The molecule has 1 rings (SSSR count). The Hall–Kier alpha value is 0.470. The summed E-state index contributed by atoms with van der Waals surface area (Å²) < 4.78 is 2.26. The molecule has 0 heterocycles. The Bertz CT molecular complexity index is 141. The summed E-state index contributed by atoms with van der Waals surface area (Å²) in [6.45, 7) is 2.28. The molecule has 0 bridgehead atoms. The zero-order valence-corrected chi connectivity index (χ0v) is 10.1. The maximum atomic E-state index is 2.36. The first-order valence-corrected chi connectivity index (χ1v) is 6.39. The minimum absolute atomic E-state index is 1.04. The summed E-state index contributed by atoms with van der Waals surface area (Å²) in [6, 6.07) is 0. The molecule has 1 aliphatic rings. The van der Waals surface area contributed by atoms with Gasteiger partial charge in [-0.3, -0.25) is 0 Å². The van der Waals surface area contributed by atoms with Gasteiger partial charge in [0.15, 0.2) is 0 Å². The minimum atomic E-state index is 1.04. The number of rotatable bonds is 5. The molecule has 1 fully saturated rings. The number of unbranched alkanes of at least 4 members (excludes halogenated alkanes) is 3. The van der Waals surface area contributed by atoms with Gasteiger partial charge in [-0.2, -0.15) is 0 Å². The molecule has 0 radical (unpaired) electrons. The van der Waals surface area contributed by atoms with E-state index in [0.717, 1.165) is 5.92 Å². The van der Waals surface area contributed by atoms with E-state index in [1.54, 1.807) is 5.57 Å². The highest BCUT2D eigenvalue weighted by Crippen LogP contribution is 2.37. The normalized spacial score (nSPS) is 22.2. The molecule has 0 unspecified atom stereocenters. The Morgan fingerprint density at radius 1 is 1.33 bits per heavy atom. The van der Waals surface area contributed by atoms with E-state index in [2.05, 4.69) is 33.6 Å². The van der Waals surface area contributed by atoms with Crippen molar-refractivity contribution in [2.75, 3.05) is 0 Å². The van der Waals surface area contributed by atoms with E-state index in [-0.39, 0.29) is 0 Å². The summed E-state index contributed by atoms with van der Waals surface area (Å²) >= 11 is 2.36. The molecule has 12 heavy (non-hydrogen) atoms. The van der Waals surface area contributed by atoms with Crippen LogP contribution < -0.4 is 0 Å². The number of allylic oxidation sites excluding steroid dienone is 1. The molecule has 0 aliphatic heterocycles. The molecule has 0 aromatic heterocycles. The van der Waals surface area contributed by atoms with Crippen molar-refractivity contribution >= 4 is 22.6 Å². The van der Waals surface area contributed by atoms with Crippen molar-refractivity contribution in [3.05, 3.63) is 9.66 Å². The van der Waals surface area contributed by atoms with E-state index in [1.165, 1.54) is 44.9 Å². The molecule has 0 aromatic carbocycles. The molecule has 1 heteroatoms. The smallest absolute Gasteiger partial charge is 0.0242 e. The van der Waals surface area contributed by atoms with Gasteiger partial charge in [-0.05, 0) is 29.3 Å². The summed E-state index contributed by atoms with van der Waals surface area (Å²) in [4.78, 5) is 0. The molecule has 0 aromatic rings. The minimum Gasteiger partial charge on any atom is -0.0654 e. The SMILES string of the molecule is CCCCCCC1CC(=CI)C1. The van der Waals surface area contributed by atoms with Crippen LogP contribution in [0.4, 0.5) is 0 Å². The van der Waals surface area contributed by atoms with Crippen molar-refractivity contribution in [3.63, 3.8) is 0 Å². The first kappa shape index (κ1) is 10.6. The Balaban J connectivity index is 1.90. The predicted molar refractivity (Wildman–Crippen MR) is 63.6 cm³/mol. The van der Waals surface area contributed by atoms with Crippen molar-refractivity contribution < 1.29 is 0 Å². The fourth-order valence-electron chi connectivity index (χ4n) is 1.83. The monoisotopic (exact) mass is 278 g/mol. The largest absolute Gasteiger partial charge is 0.0654 e. The van der Waals surface area contributed by atoms with Crippen LogP contribution in [0, 0.1) is 5.92 Å². The highest BCUT2D eigenvalue weighted by atomic mass is 127. The third-order valence-electron chi connectivity index (χ3n) is 2.72. The first-order valence-electron chi connectivity index (χ1n) is 5.15. The van der Waals surface area contributed by atoms with Gasteiger partial charge < -0.3 is 0 Å². The third kappa shape index (κ3) is 3.46. The molecule has 1 saturated carbocycles. The van der Waals surface area contributed by atoms with Crippen LogP contribution in [0.15, 0.2) is 9.66 Å². The topological polar surface area (TPSA) is 0 Å². The second-order valence-electron chi connectivity index (χ2n) is 3.89. The predicted octanol–water partition coefficient (Wildman–Crippen LogP) is 4.69. The molecule has 0 N–H and O–H groups in total. The highest BCUT2D eigenvalue weighted by molar-refractivity contribution is 14.1. The van der Waals surface area contributed by atoms with Gasteiger partial charge in [0.05, 0.1) is 0 Å². The van der Waals surface area contributed by atoms with Crippen molar-refractivity contribution in [1.82, 2.24) is 0 Å². The molecular formula is C11H19I. The van der Waals surface area contributed by atoms with E-state index in [0.29, 0.717) is 0 Å². The van der Waals surface area contributed by atoms with Crippen molar-refractivity contribution in [2.45, 2.75) is 51.9 Å². The van der Waals surface area contributed by atoms with Gasteiger partial charge in [-0.1, -0.05) is 60.8 Å². The number of hydrogen-bond acceptors (Lipinski definition) is 0. The second kappa shape index (κ2) is 6.01. The fraction of sp³-hybridized carbons (Fsp3) is 0.818. The molecule has 1 aliphatic carbocycles. The highest BCUT2D eigenvalue weighted by Gasteiger charge is 2.21. The molecule has 0 amide bonds. The van der Waals surface area contributed by atoms with E-state index in [1.807, 2.05) is 0 Å². The molecule has 0 atom stereocenters. The van der Waals surface area contributed by atoms with E-state index in [4.69, 9.17) is 0 Å². The van der Waals surface area contributed by atoms with Gasteiger partial charge in [0.2, 0.25) is 0 Å². The standard InChI is InChI=1S/C11H19I/c1-2-3-4-5-6-10-7-11(8-10)9-12/h9-10H,2-8H2,1H3. The van der Waals surface area contributed by atoms with E-state index in [9.17, 15) is 0 Å². The van der Waals surface area contributed by atoms with E-state index >= 15 is 0 Å². The van der Waals surface area contributed by atoms with Gasteiger partial charge in [0.1, 0.15) is 0 Å². The van der Waals surface area contributed by atoms with Gasteiger partial charge in [0.25, 0.3) is 0 Å². The molecule has 0 saturated heterocycles. The fourth-order valence-corrected chi connectivity index (χ4v) is 2.34. The summed E-state index contributed by atoms with van der Waals surface area (Å²) in [5.41, 5.74) is 1.68. The summed E-state index contributed by atoms with van der Waals surface area (Å²) in [7, 11) is 0. The molecule has 0 spiro atoms. The lowest BCUT2D eigenvalue weighted by molar-refractivity contribution is 0.372. The van der Waals surface area contributed by atoms with Gasteiger partial charge in [0, 0.05) is 0 Å². The zero-order chi connectivity index (χ0) is 8.81. The maximum Gasteiger partial charge on any atom is -0.0242 e. The lowest BCUT2D eigenvalue weighted by Crippen LogP contribution is -2.13. The summed E-state index contributed by atoms with van der Waals surface area (Å²) in [5.74, 6) is 1.04. The Morgan fingerprint density at radius 2 is 2.08 bits per heavy atom. The Labute approximate surface area is 90.0 Å².